The van der Waals surface area contributed by atoms with Crippen molar-refractivity contribution in [3.8, 4) is 33.4 Å². The van der Waals surface area contributed by atoms with Crippen LogP contribution in [0.15, 0.2) is 120 Å². The SMILES string of the molecule is CC1=NC2=c3ccc4c(CC(C)C)c(-c5cccc(-c6cccnc6)c5)c(C)nc4c3=CCC2C(CC(C)C)=C1c1cccc(-c2cccnc2)c1. The Hall–Kier alpha value is -5.48. The predicted octanol–water partition coefficient (Wildman–Crippen LogP) is 10.4. The molecule has 0 bridgehead atoms. The Morgan fingerprint density at radius 1 is 0.673 bits per heavy atom. The molecule has 4 heterocycles. The lowest BCUT2D eigenvalue weighted by molar-refractivity contribution is 0.597. The first-order valence-corrected chi connectivity index (χ1v) is 18.7. The molecule has 1 aliphatic heterocycles. The number of aromatic nitrogens is 3. The van der Waals surface area contributed by atoms with E-state index in [0.29, 0.717) is 11.8 Å². The molecular weight excluding hydrogens is 633 g/mol. The zero-order valence-electron chi connectivity index (χ0n) is 31.1. The topological polar surface area (TPSA) is 51.0 Å². The summed E-state index contributed by atoms with van der Waals surface area (Å²) < 4.78 is 0. The summed E-state index contributed by atoms with van der Waals surface area (Å²) in [7, 11) is 0. The Bertz CT molecular complexity index is 2510. The number of dihydropyridines is 1. The van der Waals surface area contributed by atoms with Crippen molar-refractivity contribution in [1.29, 1.82) is 0 Å². The third kappa shape index (κ3) is 6.21. The normalized spacial score (nSPS) is 15.5. The summed E-state index contributed by atoms with van der Waals surface area (Å²) in [5.41, 5.74) is 16.9. The van der Waals surface area contributed by atoms with Gasteiger partial charge in [0.1, 0.15) is 0 Å². The first kappa shape index (κ1) is 33.7. The van der Waals surface area contributed by atoms with Gasteiger partial charge in [-0.3, -0.25) is 19.9 Å². The molecule has 1 aliphatic carbocycles. The van der Waals surface area contributed by atoms with E-state index in [1.807, 2.05) is 36.9 Å². The van der Waals surface area contributed by atoms with Gasteiger partial charge in [-0.25, -0.2) is 0 Å². The number of aliphatic imine (C=N–C) groups is 1. The van der Waals surface area contributed by atoms with Crippen LogP contribution in [0.3, 0.4) is 0 Å². The second kappa shape index (κ2) is 13.9. The van der Waals surface area contributed by atoms with Crippen molar-refractivity contribution in [1.82, 2.24) is 15.0 Å². The Morgan fingerprint density at radius 3 is 1.92 bits per heavy atom. The van der Waals surface area contributed by atoms with Crippen LogP contribution in [0.2, 0.25) is 0 Å². The number of allylic oxidation sites excluding steroid dienone is 1. The summed E-state index contributed by atoms with van der Waals surface area (Å²) in [6.45, 7) is 13.7. The number of aryl methyl sites for hydroxylation is 1. The van der Waals surface area contributed by atoms with Crippen molar-refractivity contribution in [2.24, 2.45) is 22.7 Å². The van der Waals surface area contributed by atoms with Gasteiger partial charge in [0.15, 0.2) is 0 Å². The lowest BCUT2D eigenvalue weighted by atomic mass is 9.76. The Balaban J connectivity index is 1.29. The van der Waals surface area contributed by atoms with Crippen LogP contribution in [0, 0.1) is 24.7 Å². The number of fused-ring (bicyclic) bond motifs is 4. The van der Waals surface area contributed by atoms with Gasteiger partial charge in [0.2, 0.25) is 0 Å². The van der Waals surface area contributed by atoms with Gasteiger partial charge in [-0.2, -0.15) is 0 Å². The maximum atomic E-state index is 5.48. The highest BCUT2D eigenvalue weighted by Crippen LogP contribution is 2.42. The van der Waals surface area contributed by atoms with E-state index in [0.717, 1.165) is 47.3 Å². The van der Waals surface area contributed by atoms with E-state index < -0.39 is 0 Å². The summed E-state index contributed by atoms with van der Waals surface area (Å²) in [6.07, 6.45) is 12.9. The average molecular weight is 679 g/mol. The fourth-order valence-corrected chi connectivity index (χ4v) is 8.46. The fraction of sp³-hybridized carbons (Fsp3) is 0.250. The highest BCUT2D eigenvalue weighted by atomic mass is 14.8. The van der Waals surface area contributed by atoms with Gasteiger partial charge in [-0.1, -0.05) is 100 Å². The fourth-order valence-electron chi connectivity index (χ4n) is 8.46. The van der Waals surface area contributed by atoms with Gasteiger partial charge < -0.3 is 0 Å². The van der Waals surface area contributed by atoms with Crippen molar-refractivity contribution in [2.75, 3.05) is 0 Å². The molecule has 8 rings (SSSR count). The summed E-state index contributed by atoms with van der Waals surface area (Å²) >= 11 is 0. The number of hydrogen-bond acceptors (Lipinski definition) is 4. The molecule has 4 nitrogen and oxygen atoms in total. The van der Waals surface area contributed by atoms with Gasteiger partial charge in [-0.15, -0.1) is 0 Å². The van der Waals surface area contributed by atoms with Gasteiger partial charge in [0.05, 0.1) is 11.2 Å². The van der Waals surface area contributed by atoms with E-state index in [-0.39, 0.29) is 5.92 Å². The molecule has 0 spiro atoms. The second-order valence-corrected chi connectivity index (χ2v) is 15.3. The molecule has 0 N–H and O–H groups in total. The summed E-state index contributed by atoms with van der Waals surface area (Å²) in [4.78, 5) is 19.7. The lowest BCUT2D eigenvalue weighted by Gasteiger charge is -2.32. The van der Waals surface area contributed by atoms with E-state index in [9.17, 15) is 0 Å². The van der Waals surface area contributed by atoms with Gasteiger partial charge in [-0.05, 0) is 97.0 Å². The van der Waals surface area contributed by atoms with E-state index in [4.69, 9.17) is 9.98 Å². The van der Waals surface area contributed by atoms with Crippen molar-refractivity contribution in [2.45, 2.75) is 60.8 Å². The highest BCUT2D eigenvalue weighted by Gasteiger charge is 2.31. The second-order valence-electron chi connectivity index (χ2n) is 15.3. The first-order chi connectivity index (χ1) is 25.3. The minimum Gasteiger partial charge on any atom is -0.264 e. The van der Waals surface area contributed by atoms with Gasteiger partial charge >= 0.3 is 0 Å². The third-order valence-electron chi connectivity index (χ3n) is 10.6. The molecule has 0 saturated heterocycles. The van der Waals surface area contributed by atoms with Crippen LogP contribution in [-0.4, -0.2) is 20.7 Å². The molecule has 0 amide bonds. The first-order valence-electron chi connectivity index (χ1n) is 18.7. The monoisotopic (exact) mass is 678 g/mol. The summed E-state index contributed by atoms with van der Waals surface area (Å²) in [5, 5.41) is 3.70. The lowest BCUT2D eigenvalue weighted by Crippen LogP contribution is -2.36. The van der Waals surface area contributed by atoms with Crippen LogP contribution in [0.5, 0.6) is 0 Å². The van der Waals surface area contributed by atoms with E-state index in [1.165, 1.54) is 66.0 Å². The Morgan fingerprint density at radius 2 is 1.29 bits per heavy atom. The molecule has 52 heavy (non-hydrogen) atoms. The zero-order valence-corrected chi connectivity index (χ0v) is 31.1. The molecule has 258 valence electrons. The summed E-state index contributed by atoms with van der Waals surface area (Å²) in [5.74, 6) is 1.25. The molecule has 4 heteroatoms. The van der Waals surface area contributed by atoms with E-state index in [2.05, 4.69) is 130 Å². The maximum absolute atomic E-state index is 5.48. The number of rotatable bonds is 8. The van der Waals surface area contributed by atoms with Gasteiger partial charge in [0.25, 0.3) is 0 Å². The molecule has 3 aromatic heterocycles. The van der Waals surface area contributed by atoms with Crippen molar-refractivity contribution < 1.29 is 0 Å². The Kier molecular flexibility index (Phi) is 9.01. The number of hydrogen-bond donors (Lipinski definition) is 0. The number of benzene rings is 3. The van der Waals surface area contributed by atoms with E-state index >= 15 is 0 Å². The van der Waals surface area contributed by atoms with Crippen LogP contribution in [0.1, 0.15) is 64.3 Å². The highest BCUT2D eigenvalue weighted by molar-refractivity contribution is 6.26. The van der Waals surface area contributed by atoms with Gasteiger partial charge in [0, 0.05) is 80.2 Å². The molecule has 0 fully saturated rings. The molecule has 0 saturated carbocycles. The van der Waals surface area contributed by atoms with Crippen LogP contribution < -0.4 is 10.4 Å². The maximum Gasteiger partial charge on any atom is 0.0784 e. The van der Waals surface area contributed by atoms with Crippen LogP contribution in [-0.2, 0) is 6.42 Å². The van der Waals surface area contributed by atoms with Crippen LogP contribution in [0.4, 0.5) is 0 Å². The largest absolute Gasteiger partial charge is 0.264 e. The molecule has 1 atom stereocenters. The number of pyridine rings is 3. The average Bonchev–Trinajstić information content (AvgIpc) is 3.15. The summed E-state index contributed by atoms with van der Waals surface area (Å²) in [6, 6.07) is 30.7. The predicted molar refractivity (Wildman–Crippen MR) is 218 cm³/mol. The van der Waals surface area contributed by atoms with Crippen molar-refractivity contribution >= 4 is 34.0 Å². The standard InChI is InChI=1S/C48H46N4/c1-29(2)23-43-41-19-17-40-39(47(41)51-31(5)45(43)35-13-7-11-33(25-35)37-15-9-21-49-27-37)18-20-42-44(24-30(3)4)46(32(6)52-48(40)42)36-14-8-12-34(26-36)38-16-10-22-50-28-38/h7-19,21-22,25-30,42H,20,23-24H2,1-6H3. The van der Waals surface area contributed by atoms with Crippen molar-refractivity contribution in [3.05, 3.63) is 143 Å². The van der Waals surface area contributed by atoms with Crippen molar-refractivity contribution in [3.63, 3.8) is 0 Å². The quantitative estimate of drug-likeness (QED) is 0.161. The smallest absolute Gasteiger partial charge is 0.0784 e. The number of nitrogens with zero attached hydrogens (tertiary/aromatic N) is 4. The molecular formula is C48H46N4. The third-order valence-corrected chi connectivity index (χ3v) is 10.6. The van der Waals surface area contributed by atoms with Crippen LogP contribution in [0.25, 0.3) is 61.6 Å². The minimum atomic E-state index is 0.235. The molecule has 2 aliphatic rings. The van der Waals surface area contributed by atoms with Crippen LogP contribution >= 0.6 is 0 Å². The molecule has 6 aromatic rings. The molecule has 3 aromatic carbocycles. The molecule has 1 unspecified atom stereocenters. The molecule has 0 radical (unpaired) electrons. The zero-order chi connectivity index (χ0) is 35.9. The minimum absolute atomic E-state index is 0.235. The Labute approximate surface area is 307 Å². The van der Waals surface area contributed by atoms with E-state index in [1.54, 1.807) is 0 Å².